The van der Waals surface area contributed by atoms with Gasteiger partial charge in [-0.3, -0.25) is 9.10 Å². The lowest BCUT2D eigenvalue weighted by Crippen LogP contribution is -2.39. The smallest absolute Gasteiger partial charge is 0.264 e. The summed E-state index contributed by atoms with van der Waals surface area (Å²) in [7, 11) is -4.10. The highest BCUT2D eigenvalue weighted by atomic mass is 32.2. The Morgan fingerprint density at radius 2 is 1.86 bits per heavy atom. The highest BCUT2D eigenvalue weighted by Crippen LogP contribution is 2.33. The molecule has 4 rings (SSSR count). The maximum atomic E-state index is 13.6. The molecule has 0 aliphatic carbocycles. The van der Waals surface area contributed by atoms with Gasteiger partial charge in [-0.05, 0) is 73.3 Å². The molecular formula is C25H25N3O6S2. The molecule has 0 aromatic heterocycles. The van der Waals surface area contributed by atoms with Crippen LogP contribution in [0, 0.1) is 0 Å². The predicted molar refractivity (Wildman–Crippen MR) is 139 cm³/mol. The number of thioether (sulfide) groups is 1. The maximum Gasteiger partial charge on any atom is 0.264 e. The van der Waals surface area contributed by atoms with Gasteiger partial charge in [-0.1, -0.05) is 12.1 Å². The molecule has 1 aliphatic rings. The van der Waals surface area contributed by atoms with Crippen molar-refractivity contribution in [1.29, 1.82) is 0 Å². The van der Waals surface area contributed by atoms with Gasteiger partial charge in [-0.15, -0.1) is 11.8 Å². The van der Waals surface area contributed by atoms with E-state index in [0.717, 1.165) is 9.20 Å². The molecule has 36 heavy (non-hydrogen) atoms. The van der Waals surface area contributed by atoms with Gasteiger partial charge in [0.25, 0.3) is 15.9 Å². The van der Waals surface area contributed by atoms with Crippen LogP contribution in [0.3, 0.4) is 0 Å². The van der Waals surface area contributed by atoms with Crippen molar-refractivity contribution in [1.82, 2.24) is 5.43 Å². The Labute approximate surface area is 214 Å². The first-order chi connectivity index (χ1) is 17.4. The summed E-state index contributed by atoms with van der Waals surface area (Å²) < 4.78 is 44.6. The second-order valence-electron chi connectivity index (χ2n) is 7.49. The van der Waals surface area contributed by atoms with Crippen molar-refractivity contribution in [3.63, 3.8) is 0 Å². The van der Waals surface area contributed by atoms with E-state index >= 15 is 0 Å². The lowest BCUT2D eigenvalue weighted by atomic mass is 10.2. The number of nitrogens with one attached hydrogen (secondary N) is 1. The second kappa shape index (κ2) is 11.4. The van der Waals surface area contributed by atoms with Gasteiger partial charge in [0.05, 0.1) is 23.4 Å². The number of nitrogens with zero attached hydrogens (tertiary/aromatic N) is 2. The van der Waals surface area contributed by atoms with E-state index in [9.17, 15) is 13.2 Å². The molecule has 0 atom stereocenters. The van der Waals surface area contributed by atoms with Gasteiger partial charge in [-0.2, -0.15) is 5.10 Å². The van der Waals surface area contributed by atoms with Crippen LogP contribution < -0.4 is 23.9 Å². The third kappa shape index (κ3) is 5.74. The average Bonchev–Trinajstić information content (AvgIpc) is 3.36. The number of carbonyl (C=O) groups is 1. The average molecular weight is 528 g/mol. The van der Waals surface area contributed by atoms with Crippen LogP contribution in [0.1, 0.15) is 12.5 Å². The molecule has 0 spiro atoms. The SMILES string of the molecule is CCOc1ccccc1N(CC(=O)NN=Cc1ccc2c(c1)OCO2)S(=O)(=O)c1ccc(SC)cc1. The van der Waals surface area contributed by atoms with Crippen molar-refractivity contribution in [2.75, 3.05) is 30.5 Å². The first-order valence-electron chi connectivity index (χ1n) is 11.0. The minimum absolute atomic E-state index is 0.0586. The summed E-state index contributed by atoms with van der Waals surface area (Å²) in [6.45, 7) is 1.78. The Hall–Kier alpha value is -3.70. The molecule has 0 radical (unpaired) electrons. The van der Waals surface area contributed by atoms with Crippen molar-refractivity contribution < 1.29 is 27.4 Å². The van der Waals surface area contributed by atoms with Crippen molar-refractivity contribution in [2.24, 2.45) is 5.10 Å². The summed E-state index contributed by atoms with van der Waals surface area (Å²) in [6.07, 6.45) is 3.34. The quantitative estimate of drug-likeness (QED) is 0.242. The van der Waals surface area contributed by atoms with Crippen molar-refractivity contribution >= 4 is 39.6 Å². The predicted octanol–water partition coefficient (Wildman–Crippen LogP) is 3.88. The molecule has 9 nitrogen and oxygen atoms in total. The minimum Gasteiger partial charge on any atom is -0.492 e. The Kier molecular flexibility index (Phi) is 8.01. The summed E-state index contributed by atoms with van der Waals surface area (Å²) in [5.74, 6) is 0.946. The van der Waals surface area contributed by atoms with Crippen LogP contribution in [0.2, 0.25) is 0 Å². The molecule has 3 aromatic carbocycles. The number of benzene rings is 3. The third-order valence-corrected chi connectivity index (χ3v) is 7.69. The van der Waals surface area contributed by atoms with Gasteiger partial charge in [0.1, 0.15) is 12.3 Å². The van der Waals surface area contributed by atoms with Gasteiger partial charge >= 0.3 is 0 Å². The van der Waals surface area contributed by atoms with Crippen LogP contribution in [-0.2, 0) is 14.8 Å². The number of hydrogen-bond donors (Lipinski definition) is 1. The molecule has 11 heteroatoms. The first-order valence-corrected chi connectivity index (χ1v) is 13.7. The molecule has 1 N–H and O–H groups in total. The Morgan fingerprint density at radius 1 is 1.11 bits per heavy atom. The van der Waals surface area contributed by atoms with E-state index in [1.807, 2.05) is 6.26 Å². The van der Waals surface area contributed by atoms with E-state index in [1.54, 1.807) is 61.5 Å². The molecule has 188 valence electrons. The van der Waals surface area contributed by atoms with E-state index in [1.165, 1.54) is 30.1 Å². The molecule has 1 amide bonds. The maximum absolute atomic E-state index is 13.6. The zero-order valence-corrected chi connectivity index (χ0v) is 21.3. The summed E-state index contributed by atoms with van der Waals surface area (Å²) in [4.78, 5) is 13.8. The van der Waals surface area contributed by atoms with Gasteiger partial charge in [0, 0.05) is 4.90 Å². The number of hydrogen-bond acceptors (Lipinski definition) is 8. The number of hydrazone groups is 1. The van der Waals surface area contributed by atoms with Crippen LogP contribution >= 0.6 is 11.8 Å². The Balaban J connectivity index is 1.58. The number of ether oxygens (including phenoxy) is 3. The number of fused-ring (bicyclic) bond motifs is 1. The first kappa shape index (κ1) is 25.4. The van der Waals surface area contributed by atoms with Gasteiger partial charge in [0.2, 0.25) is 6.79 Å². The number of amides is 1. The van der Waals surface area contributed by atoms with Crippen LogP contribution in [0.5, 0.6) is 17.2 Å². The van der Waals surface area contributed by atoms with Crippen LogP contribution in [0.15, 0.2) is 81.6 Å². The number of para-hydroxylation sites is 2. The van der Waals surface area contributed by atoms with Gasteiger partial charge in [-0.25, -0.2) is 13.8 Å². The number of anilines is 1. The lowest BCUT2D eigenvalue weighted by molar-refractivity contribution is -0.119. The molecular weight excluding hydrogens is 502 g/mol. The number of rotatable bonds is 10. The molecule has 0 bridgehead atoms. The third-order valence-electron chi connectivity index (χ3n) is 5.17. The molecule has 0 saturated heterocycles. The van der Waals surface area contributed by atoms with Crippen LogP contribution in [0.25, 0.3) is 0 Å². The Bertz CT molecular complexity index is 1360. The lowest BCUT2D eigenvalue weighted by Gasteiger charge is -2.25. The molecule has 3 aromatic rings. The van der Waals surface area contributed by atoms with Crippen molar-refractivity contribution in [3.05, 3.63) is 72.3 Å². The zero-order valence-electron chi connectivity index (χ0n) is 19.7. The number of sulfonamides is 1. The fraction of sp³-hybridized carbons (Fsp3) is 0.200. The summed E-state index contributed by atoms with van der Waals surface area (Å²) in [5.41, 5.74) is 3.33. The van der Waals surface area contributed by atoms with E-state index in [-0.39, 0.29) is 17.4 Å². The second-order valence-corrected chi connectivity index (χ2v) is 10.2. The standard InChI is InChI=1S/C25H25N3O6S2/c1-3-32-22-7-5-4-6-21(22)28(36(30,31)20-11-9-19(35-2)10-12-20)16-25(29)27-26-15-18-8-13-23-24(14-18)34-17-33-23/h4-15H,3,16-17H2,1-2H3,(H,27,29). The normalized spacial score (nSPS) is 12.5. The topological polar surface area (TPSA) is 107 Å². The summed E-state index contributed by atoms with van der Waals surface area (Å²) >= 11 is 1.50. The van der Waals surface area contributed by atoms with Crippen molar-refractivity contribution in [2.45, 2.75) is 16.7 Å². The van der Waals surface area contributed by atoms with E-state index in [4.69, 9.17) is 14.2 Å². The van der Waals surface area contributed by atoms with Gasteiger partial charge < -0.3 is 14.2 Å². The monoisotopic (exact) mass is 527 g/mol. The van der Waals surface area contributed by atoms with E-state index in [0.29, 0.717) is 29.4 Å². The number of carbonyl (C=O) groups excluding carboxylic acids is 1. The molecule has 0 saturated carbocycles. The van der Waals surface area contributed by atoms with Crippen LogP contribution in [0.4, 0.5) is 5.69 Å². The van der Waals surface area contributed by atoms with Crippen molar-refractivity contribution in [3.8, 4) is 17.2 Å². The largest absolute Gasteiger partial charge is 0.492 e. The molecule has 1 aliphatic heterocycles. The summed E-state index contributed by atoms with van der Waals surface area (Å²) in [5, 5.41) is 3.97. The zero-order chi connectivity index (χ0) is 25.5. The molecule has 0 fully saturated rings. The highest BCUT2D eigenvalue weighted by Gasteiger charge is 2.29. The highest BCUT2D eigenvalue weighted by molar-refractivity contribution is 7.98. The minimum atomic E-state index is -4.10. The van der Waals surface area contributed by atoms with Crippen LogP contribution in [-0.4, -0.2) is 46.7 Å². The fourth-order valence-electron chi connectivity index (χ4n) is 3.45. The van der Waals surface area contributed by atoms with E-state index in [2.05, 4.69) is 10.5 Å². The summed E-state index contributed by atoms with van der Waals surface area (Å²) in [6, 6.07) is 18.4. The molecule has 0 unspecified atom stereocenters. The fourth-order valence-corrected chi connectivity index (χ4v) is 5.29. The van der Waals surface area contributed by atoms with Gasteiger partial charge in [0.15, 0.2) is 11.5 Å². The molecule has 1 heterocycles. The van der Waals surface area contributed by atoms with E-state index < -0.39 is 22.5 Å². The Morgan fingerprint density at radius 3 is 2.61 bits per heavy atom.